The minimum absolute atomic E-state index is 0.0165. The molecule has 0 aromatic heterocycles. The van der Waals surface area contributed by atoms with Crippen molar-refractivity contribution in [2.24, 2.45) is 40.4 Å². The molecular weight excluding hydrogens is 302 g/mol. The van der Waals surface area contributed by atoms with Crippen molar-refractivity contribution < 1.29 is 14.7 Å². The summed E-state index contributed by atoms with van der Waals surface area (Å²) in [6.45, 7) is 6.92. The summed E-state index contributed by atoms with van der Waals surface area (Å²) >= 11 is 0. The van der Waals surface area contributed by atoms with Gasteiger partial charge in [0, 0.05) is 12.5 Å². The number of hydrogen-bond acceptors (Lipinski definition) is 2. The van der Waals surface area contributed by atoms with Gasteiger partial charge in [-0.05, 0) is 73.0 Å². The van der Waals surface area contributed by atoms with E-state index in [-0.39, 0.29) is 22.7 Å². The minimum Gasteiger partial charge on any atom is -0.481 e. The zero-order chi connectivity index (χ0) is 17.3. The predicted octanol–water partition coefficient (Wildman–Crippen LogP) is 3.45. The van der Waals surface area contributed by atoms with Crippen LogP contribution in [0, 0.1) is 40.4 Å². The van der Waals surface area contributed by atoms with Crippen molar-refractivity contribution in [3.8, 4) is 0 Å². The van der Waals surface area contributed by atoms with Gasteiger partial charge in [-0.15, -0.1) is 0 Å². The smallest absolute Gasteiger partial charge is 0.307 e. The number of aliphatic carboxylic acids is 1. The second-order valence-electron chi connectivity index (χ2n) is 9.56. The molecule has 4 aliphatic rings. The molecule has 0 aromatic rings. The second-order valence-corrected chi connectivity index (χ2v) is 9.56. The van der Waals surface area contributed by atoms with Crippen molar-refractivity contribution in [1.82, 2.24) is 5.32 Å². The largest absolute Gasteiger partial charge is 0.481 e. The summed E-state index contributed by atoms with van der Waals surface area (Å²) in [5.74, 6) is 1.74. The molecule has 1 amide bonds. The number of carboxylic acids is 1. The molecule has 1 saturated heterocycles. The van der Waals surface area contributed by atoms with Crippen LogP contribution in [0.15, 0.2) is 0 Å². The topological polar surface area (TPSA) is 66.4 Å². The number of carbonyl (C=O) groups excluding carboxylic acids is 1. The Bertz CT molecular complexity index is 575. The molecule has 0 radical (unpaired) electrons. The number of hydrogen-bond donors (Lipinski definition) is 2. The molecule has 3 saturated carbocycles. The highest BCUT2D eigenvalue weighted by Crippen LogP contribution is 2.66. The fourth-order valence-electron chi connectivity index (χ4n) is 7.48. The summed E-state index contributed by atoms with van der Waals surface area (Å²) < 4.78 is 0. The Hall–Kier alpha value is -1.06. The Balaban J connectivity index is 1.66. The number of nitrogens with one attached hydrogen (secondary N) is 1. The van der Waals surface area contributed by atoms with E-state index in [2.05, 4.69) is 26.1 Å². The van der Waals surface area contributed by atoms with Gasteiger partial charge in [-0.3, -0.25) is 9.59 Å². The molecule has 4 nitrogen and oxygen atoms in total. The number of carbonyl (C=O) groups is 2. The molecule has 0 bridgehead atoms. The fraction of sp³-hybridized carbons (Fsp3) is 0.900. The van der Waals surface area contributed by atoms with Crippen molar-refractivity contribution >= 4 is 11.9 Å². The normalized spacial score (nSPS) is 53.5. The third-order valence-electron chi connectivity index (χ3n) is 8.96. The molecule has 0 spiro atoms. The van der Waals surface area contributed by atoms with E-state index in [0.717, 1.165) is 38.5 Å². The van der Waals surface area contributed by atoms with Gasteiger partial charge in [0.05, 0.1) is 5.92 Å². The third-order valence-corrected chi connectivity index (χ3v) is 8.96. The summed E-state index contributed by atoms with van der Waals surface area (Å²) in [6.07, 6.45) is 6.98. The summed E-state index contributed by atoms with van der Waals surface area (Å²) in [4.78, 5) is 23.8. The first kappa shape index (κ1) is 16.4. The number of rotatable bonds is 1. The first-order valence-electron chi connectivity index (χ1n) is 9.80. The second kappa shape index (κ2) is 5.22. The molecule has 1 heterocycles. The van der Waals surface area contributed by atoms with Crippen LogP contribution in [0.25, 0.3) is 0 Å². The van der Waals surface area contributed by atoms with Crippen LogP contribution in [0.3, 0.4) is 0 Å². The monoisotopic (exact) mass is 333 g/mol. The molecular formula is C20H31NO3. The Kier molecular flexibility index (Phi) is 3.57. The van der Waals surface area contributed by atoms with E-state index < -0.39 is 5.97 Å². The molecule has 0 aromatic carbocycles. The number of fused-ring (bicyclic) bond motifs is 5. The Morgan fingerprint density at radius 3 is 2.58 bits per heavy atom. The van der Waals surface area contributed by atoms with E-state index in [9.17, 15) is 14.7 Å². The van der Waals surface area contributed by atoms with Gasteiger partial charge in [-0.1, -0.05) is 20.8 Å². The van der Waals surface area contributed by atoms with Crippen molar-refractivity contribution in [3.63, 3.8) is 0 Å². The highest BCUT2D eigenvalue weighted by Gasteiger charge is 2.62. The maximum absolute atomic E-state index is 12.0. The number of carboxylic acid groups (broad SMARTS) is 1. The Morgan fingerprint density at radius 2 is 1.88 bits per heavy atom. The minimum atomic E-state index is -0.586. The van der Waals surface area contributed by atoms with Crippen molar-refractivity contribution in [2.75, 3.05) is 0 Å². The van der Waals surface area contributed by atoms with Crippen LogP contribution >= 0.6 is 0 Å². The van der Waals surface area contributed by atoms with E-state index >= 15 is 0 Å². The SMILES string of the molecule is CC1CC(=O)N[C@@H]2CC[C@H]3[C@@H]4CC[C@H](C(=O)O)[C@@]4(C)CC[C@@H]3[C@@]12C. The van der Waals surface area contributed by atoms with Crippen molar-refractivity contribution in [1.29, 1.82) is 0 Å². The summed E-state index contributed by atoms with van der Waals surface area (Å²) in [6, 6.07) is 0.316. The van der Waals surface area contributed by atoms with Gasteiger partial charge in [-0.2, -0.15) is 0 Å². The van der Waals surface area contributed by atoms with E-state index in [1.54, 1.807) is 0 Å². The lowest BCUT2D eigenvalue weighted by atomic mass is 9.45. The van der Waals surface area contributed by atoms with Gasteiger partial charge < -0.3 is 10.4 Å². The van der Waals surface area contributed by atoms with E-state index in [0.29, 0.717) is 36.1 Å². The fourth-order valence-corrected chi connectivity index (χ4v) is 7.48. The molecule has 8 atom stereocenters. The van der Waals surface area contributed by atoms with Crippen LogP contribution in [0.2, 0.25) is 0 Å². The van der Waals surface area contributed by atoms with Gasteiger partial charge in [0.1, 0.15) is 0 Å². The van der Waals surface area contributed by atoms with Crippen molar-refractivity contribution in [3.05, 3.63) is 0 Å². The van der Waals surface area contributed by atoms with E-state index in [4.69, 9.17) is 0 Å². The maximum Gasteiger partial charge on any atom is 0.307 e. The van der Waals surface area contributed by atoms with Gasteiger partial charge in [0.2, 0.25) is 5.91 Å². The molecule has 3 aliphatic carbocycles. The highest BCUT2D eigenvalue weighted by atomic mass is 16.4. The Morgan fingerprint density at radius 1 is 1.12 bits per heavy atom. The lowest BCUT2D eigenvalue weighted by molar-refractivity contribution is -0.156. The number of piperidine rings is 1. The summed E-state index contributed by atoms with van der Waals surface area (Å²) in [5.41, 5.74) is 0.164. The molecule has 4 rings (SSSR count). The quantitative estimate of drug-likeness (QED) is 0.772. The van der Waals surface area contributed by atoms with Gasteiger partial charge in [0.15, 0.2) is 0 Å². The van der Waals surface area contributed by atoms with Gasteiger partial charge in [-0.25, -0.2) is 0 Å². The summed E-state index contributed by atoms with van der Waals surface area (Å²) in [7, 11) is 0. The molecule has 2 N–H and O–H groups in total. The molecule has 4 fully saturated rings. The van der Waals surface area contributed by atoms with Crippen LogP contribution < -0.4 is 5.32 Å². The number of amides is 1. The standard InChI is InChI=1S/C20H31NO3/c1-11-10-17(22)21-16-7-4-12-13-5-6-15(18(23)24)19(13,2)9-8-14(12)20(11,16)3/h11-16H,4-10H2,1-3H3,(H,21,22)(H,23,24)/t11?,12-,13-,14-,15+,16+,19-,20+/m0/s1. The van der Waals surface area contributed by atoms with Gasteiger partial charge >= 0.3 is 5.97 Å². The highest BCUT2D eigenvalue weighted by molar-refractivity contribution is 5.78. The average molecular weight is 333 g/mol. The van der Waals surface area contributed by atoms with Crippen LogP contribution in [0.4, 0.5) is 0 Å². The van der Waals surface area contributed by atoms with Crippen LogP contribution in [-0.4, -0.2) is 23.0 Å². The molecule has 134 valence electrons. The summed E-state index contributed by atoms with van der Waals surface area (Å²) in [5, 5.41) is 13.0. The lowest BCUT2D eigenvalue weighted by Gasteiger charge is -2.62. The maximum atomic E-state index is 12.0. The van der Waals surface area contributed by atoms with E-state index in [1.807, 2.05) is 0 Å². The lowest BCUT2D eigenvalue weighted by Crippen LogP contribution is -2.64. The zero-order valence-electron chi connectivity index (χ0n) is 15.2. The van der Waals surface area contributed by atoms with Crippen LogP contribution in [0.5, 0.6) is 0 Å². The average Bonchev–Trinajstić information content (AvgIpc) is 2.86. The first-order chi connectivity index (χ1) is 11.3. The molecule has 4 heteroatoms. The third kappa shape index (κ3) is 1.97. The van der Waals surface area contributed by atoms with Crippen LogP contribution in [0.1, 0.15) is 65.7 Å². The van der Waals surface area contributed by atoms with Crippen LogP contribution in [-0.2, 0) is 9.59 Å². The van der Waals surface area contributed by atoms with Gasteiger partial charge in [0.25, 0.3) is 0 Å². The zero-order valence-corrected chi connectivity index (χ0v) is 15.2. The molecule has 1 aliphatic heterocycles. The Labute approximate surface area is 144 Å². The predicted molar refractivity (Wildman–Crippen MR) is 91.2 cm³/mol. The molecule has 24 heavy (non-hydrogen) atoms. The van der Waals surface area contributed by atoms with E-state index in [1.165, 1.54) is 0 Å². The first-order valence-corrected chi connectivity index (χ1v) is 9.80. The van der Waals surface area contributed by atoms with Crippen molar-refractivity contribution in [2.45, 2.75) is 71.8 Å². The molecule has 1 unspecified atom stereocenters.